The van der Waals surface area contributed by atoms with Gasteiger partial charge in [0.05, 0.1) is 0 Å². The summed E-state index contributed by atoms with van der Waals surface area (Å²) < 4.78 is 0. The first-order valence-corrected chi connectivity index (χ1v) is 29.4. The Morgan fingerprint density at radius 3 is 1.03 bits per heavy atom. The van der Waals surface area contributed by atoms with Crippen molar-refractivity contribution in [2.45, 2.75) is 300 Å². The quantitative estimate of drug-likeness (QED) is 0.213. The van der Waals surface area contributed by atoms with Gasteiger partial charge in [-0.2, -0.15) is 0 Å². The highest BCUT2D eigenvalue weighted by Crippen LogP contribution is 2.71. The second-order valence-corrected chi connectivity index (χ2v) is 25.1. The van der Waals surface area contributed by atoms with Crippen molar-refractivity contribution in [3.05, 3.63) is 0 Å². The van der Waals surface area contributed by atoms with Crippen molar-refractivity contribution in [3.8, 4) is 0 Å². The van der Waals surface area contributed by atoms with E-state index in [4.69, 9.17) is 0 Å². The summed E-state index contributed by atoms with van der Waals surface area (Å²) >= 11 is 0. The molecule has 62 heavy (non-hydrogen) atoms. The molecule has 372 valence electrons. The molecule has 0 aliphatic heterocycles. The van der Waals surface area contributed by atoms with Crippen LogP contribution in [0.2, 0.25) is 0 Å². The molecule has 8 atom stereocenters. The van der Waals surface area contributed by atoms with Gasteiger partial charge in [-0.05, 0) is 207 Å². The monoisotopic (exact) mass is 869 g/mol. The van der Waals surface area contributed by atoms with Gasteiger partial charge in [0.25, 0.3) is 0 Å². The Kier molecular flexibility index (Phi) is 26.8. The summed E-state index contributed by atoms with van der Waals surface area (Å²) in [5.41, 5.74) is 3.49. The molecule has 0 amide bonds. The zero-order valence-electron chi connectivity index (χ0n) is 47.7. The Labute approximate surface area is 396 Å². The van der Waals surface area contributed by atoms with Gasteiger partial charge in [-0.15, -0.1) is 0 Å². The predicted molar refractivity (Wildman–Crippen MR) is 285 cm³/mol. The highest BCUT2D eigenvalue weighted by molar-refractivity contribution is 5.13. The summed E-state index contributed by atoms with van der Waals surface area (Å²) in [6, 6.07) is 0. The lowest BCUT2D eigenvalue weighted by Crippen LogP contribution is -2.49. The van der Waals surface area contributed by atoms with E-state index < -0.39 is 0 Å². The molecular weight excluding hydrogens is 745 g/mol. The van der Waals surface area contributed by atoms with Crippen LogP contribution in [0.15, 0.2) is 0 Å². The third-order valence-electron chi connectivity index (χ3n) is 19.3. The maximum Gasteiger partial charge on any atom is -0.0297 e. The molecule has 0 N–H and O–H groups in total. The van der Waals surface area contributed by atoms with E-state index in [0.29, 0.717) is 27.1 Å². The SMILES string of the molecule is CC.CC.CC.CC.CC.CC.CC1(C)C2CC3CC(C2)CC1C3.CC1(C)CC2CC1C1C3CCC(C3)C21.CC1(C)CC2CCC1C2.CC1(C)CCCC1.CC1(C)CCCCC1. The molecule has 0 heterocycles. The van der Waals surface area contributed by atoms with E-state index >= 15 is 0 Å². The highest BCUT2D eigenvalue weighted by atomic mass is 14.7. The van der Waals surface area contributed by atoms with Gasteiger partial charge in [0.1, 0.15) is 0 Å². The van der Waals surface area contributed by atoms with Crippen molar-refractivity contribution in [3.63, 3.8) is 0 Å². The number of rotatable bonds is 0. The maximum absolute atomic E-state index is 2.54. The smallest absolute Gasteiger partial charge is 0.0297 e. The van der Waals surface area contributed by atoms with Crippen LogP contribution < -0.4 is 0 Å². The van der Waals surface area contributed by atoms with Crippen LogP contribution in [0.4, 0.5) is 0 Å². The molecular formula is C62H124. The van der Waals surface area contributed by atoms with E-state index in [0.717, 1.165) is 47.3 Å². The first-order valence-electron chi connectivity index (χ1n) is 29.4. The molecule has 12 rings (SSSR count). The largest absolute Gasteiger partial charge is 0.0683 e. The van der Waals surface area contributed by atoms with E-state index in [1.54, 1.807) is 70.6 Å². The number of hydrogen-bond acceptors (Lipinski definition) is 0. The van der Waals surface area contributed by atoms with E-state index in [1.165, 1.54) is 101 Å². The standard InChI is InChI=1S/C14H22.C12H20.C9H16.C8H16.C7H14.6C2H6/c1-14(2)7-10-6-11(14)13-9-4-3-8(5-9)12(10)13;1-12(2)10-4-8-3-9(6-10)7-11(12)5-8;1-9(2)6-7-3-4-8(9)5-7;1-8(2)6-4-3-5-7-8;1-7(2)5-3-4-6-7;6*1-2/h8-13H,3-7H2,1-2H3;8-11H,3-7H2,1-2H3;7-8H,3-6H2,1-2H3;3-7H2,1-2H3;3-6H2,1-2H3;6*1-2H3. The fourth-order valence-electron chi connectivity index (χ4n) is 16.3. The molecule has 12 aliphatic rings. The van der Waals surface area contributed by atoms with Gasteiger partial charge in [-0.3, -0.25) is 0 Å². The lowest BCUT2D eigenvalue weighted by Gasteiger charge is -2.59. The fraction of sp³-hybridized carbons (Fsp3) is 1.00. The van der Waals surface area contributed by atoms with Crippen LogP contribution in [0.3, 0.4) is 0 Å². The normalized spacial score (nSPS) is 38.6. The first-order chi connectivity index (χ1) is 29.4. The Morgan fingerprint density at radius 1 is 0.306 bits per heavy atom. The predicted octanol–water partition coefficient (Wildman–Crippen LogP) is 21.7. The van der Waals surface area contributed by atoms with Crippen LogP contribution >= 0.6 is 0 Å². The summed E-state index contributed by atoms with van der Waals surface area (Å²) in [7, 11) is 0. The van der Waals surface area contributed by atoms with Gasteiger partial charge in [-0.25, -0.2) is 0 Å². The number of hydrogen-bond donors (Lipinski definition) is 0. The van der Waals surface area contributed by atoms with Crippen LogP contribution in [-0.2, 0) is 0 Å². The molecule has 0 nitrogen and oxygen atoms in total. The average Bonchev–Trinajstić information content (AvgIpc) is 4.15. The average molecular weight is 870 g/mol. The Balaban J connectivity index is 0.000000371. The van der Waals surface area contributed by atoms with Gasteiger partial charge in [0, 0.05) is 0 Å². The Morgan fingerprint density at radius 2 is 0.710 bits per heavy atom. The summed E-state index contributed by atoms with van der Waals surface area (Å²) in [6.45, 7) is 48.5. The summed E-state index contributed by atoms with van der Waals surface area (Å²) in [5.74, 6) is 13.7. The van der Waals surface area contributed by atoms with Gasteiger partial charge < -0.3 is 0 Å². The molecule has 0 radical (unpaired) electrons. The fourth-order valence-corrected chi connectivity index (χ4v) is 16.3. The van der Waals surface area contributed by atoms with Crippen LogP contribution in [0.5, 0.6) is 0 Å². The lowest BCUT2D eigenvalue weighted by molar-refractivity contribution is -0.0876. The van der Waals surface area contributed by atoms with Gasteiger partial charge in [0.15, 0.2) is 0 Å². The van der Waals surface area contributed by atoms with Gasteiger partial charge in [0.2, 0.25) is 0 Å². The molecule has 0 aromatic carbocycles. The van der Waals surface area contributed by atoms with Crippen molar-refractivity contribution in [1.82, 2.24) is 0 Å². The van der Waals surface area contributed by atoms with Crippen molar-refractivity contribution in [2.24, 2.45) is 98.1 Å². The molecule has 8 unspecified atom stereocenters. The molecule has 0 saturated heterocycles. The lowest BCUT2D eigenvalue weighted by atomic mass is 9.46. The molecule has 10 bridgehead atoms. The highest BCUT2D eigenvalue weighted by Gasteiger charge is 2.64. The van der Waals surface area contributed by atoms with Crippen molar-refractivity contribution < 1.29 is 0 Å². The van der Waals surface area contributed by atoms with Gasteiger partial charge in [-0.1, -0.05) is 191 Å². The van der Waals surface area contributed by atoms with E-state index in [1.807, 2.05) is 83.1 Å². The molecule has 0 aromatic rings. The summed E-state index contributed by atoms with van der Waals surface area (Å²) in [6.07, 6.45) is 35.1. The molecule has 12 fully saturated rings. The topological polar surface area (TPSA) is 0 Å². The molecule has 0 spiro atoms. The van der Waals surface area contributed by atoms with Crippen molar-refractivity contribution >= 4 is 0 Å². The summed E-state index contributed by atoms with van der Waals surface area (Å²) in [4.78, 5) is 0. The second kappa shape index (κ2) is 27.7. The van der Waals surface area contributed by atoms with Crippen LogP contribution in [0.25, 0.3) is 0 Å². The van der Waals surface area contributed by atoms with Gasteiger partial charge >= 0.3 is 0 Å². The van der Waals surface area contributed by atoms with E-state index in [2.05, 4.69) is 69.2 Å². The Bertz CT molecular complexity index is 1080. The minimum absolute atomic E-state index is 0.679. The van der Waals surface area contributed by atoms with E-state index in [9.17, 15) is 0 Å². The van der Waals surface area contributed by atoms with Crippen LogP contribution in [0.1, 0.15) is 300 Å². The van der Waals surface area contributed by atoms with Crippen molar-refractivity contribution in [2.75, 3.05) is 0 Å². The minimum atomic E-state index is 0.679. The molecule has 12 aliphatic carbocycles. The molecule has 12 saturated carbocycles. The zero-order chi connectivity index (χ0) is 47.7. The van der Waals surface area contributed by atoms with Crippen LogP contribution in [-0.4, -0.2) is 0 Å². The van der Waals surface area contributed by atoms with Crippen LogP contribution in [0, 0.1) is 98.1 Å². The zero-order valence-corrected chi connectivity index (χ0v) is 47.7. The minimum Gasteiger partial charge on any atom is -0.0683 e. The van der Waals surface area contributed by atoms with Crippen molar-refractivity contribution in [1.29, 1.82) is 0 Å². The van der Waals surface area contributed by atoms with E-state index in [-0.39, 0.29) is 0 Å². The Hall–Kier alpha value is 0. The third-order valence-corrected chi connectivity index (χ3v) is 19.3. The first kappa shape index (κ1) is 60.0. The maximum atomic E-state index is 2.54. The second-order valence-electron chi connectivity index (χ2n) is 25.1. The number of fused-ring (bicyclic) bond motifs is 11. The summed E-state index contributed by atoms with van der Waals surface area (Å²) in [5, 5.41) is 0. The molecule has 0 heteroatoms. The third kappa shape index (κ3) is 15.8. The molecule has 0 aromatic heterocycles.